The number of nitrogens with one attached hydrogen (secondary N) is 1. The van der Waals surface area contributed by atoms with E-state index in [2.05, 4.69) is 5.43 Å². The van der Waals surface area contributed by atoms with E-state index in [-0.39, 0.29) is 0 Å². The number of nitrogens with two attached hydrogens (primary N) is 3. The number of rotatable bonds is 2. The summed E-state index contributed by atoms with van der Waals surface area (Å²) in [6, 6.07) is 0. The smallest absolute Gasteiger partial charge is 0.0446 e. The molecule has 0 aromatic rings. The highest BCUT2D eigenvalue weighted by Crippen LogP contribution is 2.52. The largest absolute Gasteiger partial charge is 0.401 e. The van der Waals surface area contributed by atoms with Crippen LogP contribution < -0.4 is 22.7 Å². The first kappa shape index (κ1) is 9.80. The van der Waals surface area contributed by atoms with Gasteiger partial charge in [0.05, 0.1) is 0 Å². The van der Waals surface area contributed by atoms with E-state index in [0.29, 0.717) is 0 Å². The molecule has 0 aromatic carbocycles. The van der Waals surface area contributed by atoms with Gasteiger partial charge in [0.2, 0.25) is 0 Å². The first-order valence-corrected chi connectivity index (χ1v) is 5.42. The summed E-state index contributed by atoms with van der Waals surface area (Å²) in [6.45, 7) is 0.834. The van der Waals surface area contributed by atoms with Crippen molar-refractivity contribution in [3.8, 4) is 0 Å². The Hall–Kier alpha value is -0.740. The zero-order valence-corrected chi connectivity index (χ0v) is 8.50. The normalized spacial score (nSPS) is 42.3. The molecule has 0 spiro atoms. The van der Waals surface area contributed by atoms with Crippen molar-refractivity contribution >= 4 is 0 Å². The van der Waals surface area contributed by atoms with Crippen LogP contribution >= 0.6 is 0 Å². The van der Waals surface area contributed by atoms with Crippen molar-refractivity contribution < 1.29 is 0 Å². The molecule has 2 aliphatic rings. The van der Waals surface area contributed by atoms with E-state index < -0.39 is 0 Å². The molecule has 14 heavy (non-hydrogen) atoms. The highest BCUT2D eigenvalue weighted by Gasteiger charge is 2.48. The summed E-state index contributed by atoms with van der Waals surface area (Å²) in [5, 5.41) is 0. The molecule has 2 aliphatic carbocycles. The molecule has 4 heteroatoms. The van der Waals surface area contributed by atoms with Gasteiger partial charge in [0.1, 0.15) is 0 Å². The second-order valence-corrected chi connectivity index (χ2v) is 4.45. The lowest BCUT2D eigenvalue weighted by Crippen LogP contribution is -2.25. The average Bonchev–Trinajstić information content (AvgIpc) is 2.85. The van der Waals surface area contributed by atoms with Crippen molar-refractivity contribution in [2.75, 3.05) is 6.54 Å². The number of hydrogen-bond acceptors (Lipinski definition) is 4. The third kappa shape index (κ3) is 1.60. The van der Waals surface area contributed by atoms with Crippen molar-refractivity contribution in [3.63, 3.8) is 0 Å². The molecule has 3 atom stereocenters. The summed E-state index contributed by atoms with van der Waals surface area (Å²) < 4.78 is 0. The first-order chi connectivity index (χ1) is 6.77. The van der Waals surface area contributed by atoms with Gasteiger partial charge in [0.25, 0.3) is 0 Å². The SMILES string of the molecule is NCC1C2CC/C(N)=C(/NN)CCC12. The highest BCUT2D eigenvalue weighted by molar-refractivity contribution is 5.13. The van der Waals surface area contributed by atoms with Gasteiger partial charge in [-0.2, -0.15) is 0 Å². The molecular formula is C10H20N4. The van der Waals surface area contributed by atoms with E-state index in [9.17, 15) is 0 Å². The van der Waals surface area contributed by atoms with Crippen molar-refractivity contribution in [1.29, 1.82) is 0 Å². The van der Waals surface area contributed by atoms with Gasteiger partial charge in [-0.1, -0.05) is 0 Å². The predicted molar refractivity (Wildman–Crippen MR) is 56.5 cm³/mol. The number of hydrazine groups is 1. The Balaban J connectivity index is 1.99. The zero-order chi connectivity index (χ0) is 10.1. The molecule has 0 heterocycles. The lowest BCUT2D eigenvalue weighted by molar-refractivity contribution is 0.561. The van der Waals surface area contributed by atoms with Crippen molar-refractivity contribution in [2.24, 2.45) is 35.1 Å². The summed E-state index contributed by atoms with van der Waals surface area (Å²) in [4.78, 5) is 0. The van der Waals surface area contributed by atoms with E-state index in [4.69, 9.17) is 17.3 Å². The third-order valence-electron chi connectivity index (χ3n) is 3.82. The summed E-state index contributed by atoms with van der Waals surface area (Å²) in [7, 11) is 0. The minimum Gasteiger partial charge on any atom is -0.401 e. The fraction of sp³-hybridized carbons (Fsp3) is 0.800. The third-order valence-corrected chi connectivity index (χ3v) is 3.82. The van der Waals surface area contributed by atoms with Gasteiger partial charge in [-0.05, 0) is 50.0 Å². The van der Waals surface area contributed by atoms with E-state index in [1.807, 2.05) is 0 Å². The second kappa shape index (κ2) is 3.79. The maximum Gasteiger partial charge on any atom is 0.0446 e. The summed E-state index contributed by atoms with van der Waals surface area (Å²) in [5.74, 6) is 7.84. The Labute approximate surface area is 84.9 Å². The van der Waals surface area contributed by atoms with Crippen LogP contribution in [0.25, 0.3) is 0 Å². The molecule has 2 rings (SSSR count). The summed E-state index contributed by atoms with van der Waals surface area (Å²) >= 11 is 0. The van der Waals surface area contributed by atoms with Gasteiger partial charge >= 0.3 is 0 Å². The molecule has 0 aromatic heterocycles. The number of allylic oxidation sites excluding steroid dienone is 2. The summed E-state index contributed by atoms with van der Waals surface area (Å²) in [5.41, 5.74) is 16.3. The monoisotopic (exact) mass is 196 g/mol. The van der Waals surface area contributed by atoms with Crippen molar-refractivity contribution in [1.82, 2.24) is 5.43 Å². The van der Waals surface area contributed by atoms with Crippen LogP contribution in [0.5, 0.6) is 0 Å². The topological polar surface area (TPSA) is 90.1 Å². The second-order valence-electron chi connectivity index (χ2n) is 4.45. The maximum atomic E-state index is 5.93. The quantitative estimate of drug-likeness (QED) is 0.370. The molecule has 4 nitrogen and oxygen atoms in total. The Morgan fingerprint density at radius 1 is 1.21 bits per heavy atom. The standard InChI is InChI=1S/C10H20N4/c11-5-8-6-1-3-9(12)10(14-13)4-2-7(6)8/h6-8,14H,1-5,11-13H2/b10-9-. The highest BCUT2D eigenvalue weighted by atomic mass is 15.2. The van der Waals surface area contributed by atoms with Gasteiger partial charge in [-0.25, -0.2) is 0 Å². The fourth-order valence-corrected chi connectivity index (χ4v) is 2.84. The molecule has 0 amide bonds. The lowest BCUT2D eigenvalue weighted by atomic mass is 10.0. The van der Waals surface area contributed by atoms with Gasteiger partial charge in [0.15, 0.2) is 0 Å². The average molecular weight is 196 g/mol. The molecule has 3 unspecified atom stereocenters. The maximum absolute atomic E-state index is 5.93. The van der Waals surface area contributed by atoms with Gasteiger partial charge in [-0.15, -0.1) is 0 Å². The Morgan fingerprint density at radius 2 is 1.86 bits per heavy atom. The Morgan fingerprint density at radius 3 is 2.43 bits per heavy atom. The molecule has 0 saturated heterocycles. The molecule has 7 N–H and O–H groups in total. The molecule has 0 aliphatic heterocycles. The zero-order valence-electron chi connectivity index (χ0n) is 8.50. The summed E-state index contributed by atoms with van der Waals surface area (Å²) in [6.07, 6.45) is 4.33. The molecule has 0 bridgehead atoms. The minimum absolute atomic E-state index is 0.750. The van der Waals surface area contributed by atoms with Crippen LogP contribution in [0.1, 0.15) is 25.7 Å². The van der Waals surface area contributed by atoms with Gasteiger partial charge in [0, 0.05) is 11.4 Å². The van der Waals surface area contributed by atoms with Crippen LogP contribution in [0, 0.1) is 17.8 Å². The van der Waals surface area contributed by atoms with Crippen LogP contribution in [0.3, 0.4) is 0 Å². The van der Waals surface area contributed by atoms with E-state index >= 15 is 0 Å². The molecule has 1 saturated carbocycles. The van der Waals surface area contributed by atoms with Crippen molar-refractivity contribution in [3.05, 3.63) is 11.4 Å². The van der Waals surface area contributed by atoms with Crippen LogP contribution in [0.15, 0.2) is 11.4 Å². The molecule has 80 valence electrons. The minimum atomic E-state index is 0.750. The molecule has 1 fully saturated rings. The first-order valence-electron chi connectivity index (χ1n) is 5.42. The fourth-order valence-electron chi connectivity index (χ4n) is 2.84. The van der Waals surface area contributed by atoms with Crippen molar-refractivity contribution in [2.45, 2.75) is 25.7 Å². The molecular weight excluding hydrogens is 176 g/mol. The number of hydrogen-bond donors (Lipinski definition) is 4. The van der Waals surface area contributed by atoms with E-state index in [0.717, 1.165) is 48.5 Å². The van der Waals surface area contributed by atoms with Crippen LogP contribution in [0.4, 0.5) is 0 Å². The van der Waals surface area contributed by atoms with Crippen LogP contribution in [0.2, 0.25) is 0 Å². The number of fused-ring (bicyclic) bond motifs is 1. The van der Waals surface area contributed by atoms with Crippen LogP contribution in [-0.2, 0) is 0 Å². The Kier molecular flexibility index (Phi) is 2.65. The van der Waals surface area contributed by atoms with Crippen LogP contribution in [-0.4, -0.2) is 6.54 Å². The van der Waals surface area contributed by atoms with Gasteiger partial charge < -0.3 is 16.9 Å². The van der Waals surface area contributed by atoms with E-state index in [1.165, 1.54) is 12.8 Å². The van der Waals surface area contributed by atoms with Gasteiger partial charge in [-0.3, -0.25) is 5.84 Å². The van der Waals surface area contributed by atoms with E-state index in [1.54, 1.807) is 0 Å². The lowest BCUT2D eigenvalue weighted by Gasteiger charge is -2.13. The predicted octanol–water partition coefficient (Wildman–Crippen LogP) is 0.0149. The Bertz CT molecular complexity index is 249. The molecule has 0 radical (unpaired) electrons.